The number of alkyl halides is 3. The lowest BCUT2D eigenvalue weighted by Crippen LogP contribution is -2.40. The molecule has 4 nitrogen and oxygen atoms in total. The van der Waals surface area contributed by atoms with Gasteiger partial charge in [-0.15, -0.1) is 0 Å². The van der Waals surface area contributed by atoms with E-state index in [1.54, 1.807) is 13.8 Å². The molecule has 0 amide bonds. The summed E-state index contributed by atoms with van der Waals surface area (Å²) in [6.45, 7) is 3.81. The van der Waals surface area contributed by atoms with Crippen LogP contribution in [0.1, 0.15) is 40.0 Å². The topological polar surface area (TPSA) is 63.6 Å². The first kappa shape index (κ1) is 16.7. The molecular weight excluding hydrogens is 253 g/mol. The summed E-state index contributed by atoms with van der Waals surface area (Å²) in [4.78, 5) is 22.4. The van der Waals surface area contributed by atoms with Crippen LogP contribution in [0.4, 0.5) is 13.2 Å². The molecule has 0 heterocycles. The van der Waals surface area contributed by atoms with Gasteiger partial charge in [-0.3, -0.25) is 9.59 Å². The highest BCUT2D eigenvalue weighted by Gasteiger charge is 2.45. The van der Waals surface area contributed by atoms with Crippen molar-refractivity contribution in [2.45, 2.75) is 52.3 Å². The Kier molecular flexibility index (Phi) is 5.63. The summed E-state index contributed by atoms with van der Waals surface area (Å²) < 4.78 is 41.2. The van der Waals surface area contributed by atoms with Crippen LogP contribution in [-0.4, -0.2) is 29.3 Å². The molecule has 0 rings (SSSR count). The maximum atomic E-state index is 12.3. The molecule has 106 valence electrons. The molecule has 1 atom stereocenters. The molecule has 0 saturated carbocycles. The lowest BCUT2D eigenvalue weighted by molar-refractivity contribution is -0.222. The van der Waals surface area contributed by atoms with Gasteiger partial charge in [0.2, 0.25) is 0 Å². The number of hydrogen-bond acceptors (Lipinski definition) is 3. The number of carbonyl (C=O) groups is 2. The molecule has 0 bridgehead atoms. The molecule has 1 unspecified atom stereocenters. The highest BCUT2D eigenvalue weighted by molar-refractivity contribution is 5.82. The zero-order valence-corrected chi connectivity index (χ0v) is 10.5. The Hall–Kier alpha value is -1.27. The largest absolute Gasteiger partial charge is 0.481 e. The number of halogens is 3. The Bertz CT molecular complexity index is 308. The van der Waals surface area contributed by atoms with Crippen molar-refractivity contribution >= 4 is 11.9 Å². The molecule has 0 aliphatic rings. The number of aliphatic carboxylic acids is 1. The Morgan fingerprint density at radius 1 is 1.22 bits per heavy atom. The van der Waals surface area contributed by atoms with Gasteiger partial charge in [0.1, 0.15) is 0 Å². The number of esters is 1. The second kappa shape index (κ2) is 6.06. The SMILES string of the molecule is CCC(CC)(CC(=O)O)C(=O)OC(C)C(F)(F)F. The van der Waals surface area contributed by atoms with E-state index in [0.29, 0.717) is 0 Å². The molecule has 0 aromatic carbocycles. The molecule has 0 aliphatic heterocycles. The van der Waals surface area contributed by atoms with Crippen LogP contribution in [-0.2, 0) is 14.3 Å². The van der Waals surface area contributed by atoms with Gasteiger partial charge in [0.25, 0.3) is 0 Å². The maximum absolute atomic E-state index is 12.3. The monoisotopic (exact) mass is 270 g/mol. The fourth-order valence-corrected chi connectivity index (χ4v) is 1.50. The lowest BCUT2D eigenvalue weighted by atomic mass is 9.79. The smallest absolute Gasteiger partial charge is 0.425 e. The van der Waals surface area contributed by atoms with Crippen molar-refractivity contribution in [2.24, 2.45) is 5.41 Å². The van der Waals surface area contributed by atoms with E-state index >= 15 is 0 Å². The van der Waals surface area contributed by atoms with E-state index in [2.05, 4.69) is 4.74 Å². The Morgan fingerprint density at radius 2 is 1.67 bits per heavy atom. The summed E-state index contributed by atoms with van der Waals surface area (Å²) in [5.41, 5.74) is -1.40. The summed E-state index contributed by atoms with van der Waals surface area (Å²) in [5, 5.41) is 8.72. The van der Waals surface area contributed by atoms with Gasteiger partial charge in [-0.2, -0.15) is 13.2 Å². The van der Waals surface area contributed by atoms with Gasteiger partial charge in [-0.1, -0.05) is 13.8 Å². The normalized spacial score (nSPS) is 14.1. The predicted octanol–water partition coefficient (Wildman–Crippen LogP) is 2.76. The second-order valence-corrected chi connectivity index (χ2v) is 4.15. The summed E-state index contributed by atoms with van der Waals surface area (Å²) >= 11 is 0. The number of carbonyl (C=O) groups excluding carboxylic acids is 1. The molecule has 0 aliphatic carbocycles. The minimum Gasteiger partial charge on any atom is -0.481 e. The number of rotatable bonds is 6. The fourth-order valence-electron chi connectivity index (χ4n) is 1.50. The van der Waals surface area contributed by atoms with Gasteiger partial charge >= 0.3 is 18.1 Å². The third-order valence-electron chi connectivity index (χ3n) is 3.02. The summed E-state index contributed by atoms with van der Waals surface area (Å²) in [5.74, 6) is -2.35. The van der Waals surface area contributed by atoms with E-state index in [1.807, 2.05) is 0 Å². The predicted molar refractivity (Wildman–Crippen MR) is 56.9 cm³/mol. The van der Waals surface area contributed by atoms with E-state index in [4.69, 9.17) is 5.11 Å². The van der Waals surface area contributed by atoms with E-state index < -0.39 is 36.1 Å². The van der Waals surface area contributed by atoms with Crippen LogP contribution in [0.15, 0.2) is 0 Å². The zero-order chi connectivity index (χ0) is 14.6. The first-order chi connectivity index (χ1) is 8.09. The minimum absolute atomic E-state index is 0.110. The van der Waals surface area contributed by atoms with Crippen molar-refractivity contribution in [3.8, 4) is 0 Å². The van der Waals surface area contributed by atoms with Gasteiger partial charge in [-0.25, -0.2) is 0 Å². The van der Waals surface area contributed by atoms with Crippen molar-refractivity contribution in [1.82, 2.24) is 0 Å². The second-order valence-electron chi connectivity index (χ2n) is 4.15. The van der Waals surface area contributed by atoms with Crippen molar-refractivity contribution in [3.05, 3.63) is 0 Å². The fraction of sp³-hybridized carbons (Fsp3) is 0.818. The highest BCUT2D eigenvalue weighted by Crippen LogP contribution is 2.34. The molecule has 0 radical (unpaired) electrons. The zero-order valence-electron chi connectivity index (χ0n) is 10.5. The van der Waals surface area contributed by atoms with E-state index in [9.17, 15) is 22.8 Å². The third kappa shape index (κ3) is 4.19. The molecule has 18 heavy (non-hydrogen) atoms. The van der Waals surface area contributed by atoms with E-state index in [0.717, 1.165) is 6.92 Å². The molecule has 1 N–H and O–H groups in total. The number of carboxylic acids is 1. The molecule has 0 saturated heterocycles. The molecule has 0 aromatic rings. The standard InChI is InChI=1S/C11H17F3O4/c1-4-10(5-2,6-8(15)16)9(17)18-7(3)11(12,13)14/h7H,4-6H2,1-3H3,(H,15,16). The first-order valence-electron chi connectivity index (χ1n) is 5.58. The van der Waals surface area contributed by atoms with Gasteiger partial charge < -0.3 is 9.84 Å². The van der Waals surface area contributed by atoms with Crippen molar-refractivity contribution < 1.29 is 32.6 Å². The summed E-state index contributed by atoms with van der Waals surface area (Å²) in [6, 6.07) is 0. The quantitative estimate of drug-likeness (QED) is 0.754. The van der Waals surface area contributed by atoms with Crippen molar-refractivity contribution in [2.75, 3.05) is 0 Å². The van der Waals surface area contributed by atoms with E-state index in [1.165, 1.54) is 0 Å². The molecule has 7 heteroatoms. The Labute approximate surface area is 103 Å². The number of carboxylic acid groups (broad SMARTS) is 1. The van der Waals surface area contributed by atoms with Gasteiger partial charge in [0, 0.05) is 0 Å². The van der Waals surface area contributed by atoms with Crippen LogP contribution in [0, 0.1) is 5.41 Å². The van der Waals surface area contributed by atoms with Crippen LogP contribution in [0.3, 0.4) is 0 Å². The van der Waals surface area contributed by atoms with Crippen LogP contribution in [0.25, 0.3) is 0 Å². The molecular formula is C11H17F3O4. The molecule has 0 fully saturated rings. The third-order valence-corrected chi connectivity index (χ3v) is 3.02. The Morgan fingerprint density at radius 3 is 1.94 bits per heavy atom. The summed E-state index contributed by atoms with van der Waals surface area (Å²) in [6.07, 6.45) is -7.20. The van der Waals surface area contributed by atoms with Gasteiger partial charge in [-0.05, 0) is 19.8 Å². The average molecular weight is 270 g/mol. The highest BCUT2D eigenvalue weighted by atomic mass is 19.4. The number of ether oxygens (including phenoxy) is 1. The number of hydrogen-bond donors (Lipinski definition) is 1. The summed E-state index contributed by atoms with van der Waals surface area (Å²) in [7, 11) is 0. The lowest BCUT2D eigenvalue weighted by Gasteiger charge is -2.29. The minimum atomic E-state index is -4.65. The Balaban J connectivity index is 4.94. The van der Waals surface area contributed by atoms with Crippen molar-refractivity contribution in [3.63, 3.8) is 0 Å². The maximum Gasteiger partial charge on any atom is 0.425 e. The van der Waals surface area contributed by atoms with E-state index in [-0.39, 0.29) is 12.8 Å². The van der Waals surface area contributed by atoms with Crippen LogP contribution >= 0.6 is 0 Å². The van der Waals surface area contributed by atoms with Crippen LogP contribution in [0.2, 0.25) is 0 Å². The first-order valence-corrected chi connectivity index (χ1v) is 5.58. The van der Waals surface area contributed by atoms with Gasteiger partial charge in [0.15, 0.2) is 6.10 Å². The van der Waals surface area contributed by atoms with Gasteiger partial charge in [0.05, 0.1) is 11.8 Å². The average Bonchev–Trinajstić information content (AvgIpc) is 2.24. The molecule has 0 spiro atoms. The molecule has 0 aromatic heterocycles. The van der Waals surface area contributed by atoms with Crippen LogP contribution < -0.4 is 0 Å². The van der Waals surface area contributed by atoms with Crippen LogP contribution in [0.5, 0.6) is 0 Å². The van der Waals surface area contributed by atoms with Crippen molar-refractivity contribution in [1.29, 1.82) is 0 Å².